The first-order chi connectivity index (χ1) is 5.65. The van der Waals surface area contributed by atoms with Gasteiger partial charge < -0.3 is 4.74 Å². The second-order valence-corrected chi connectivity index (χ2v) is 3.57. The van der Waals surface area contributed by atoms with E-state index in [0.29, 0.717) is 0 Å². The summed E-state index contributed by atoms with van der Waals surface area (Å²) in [6.45, 7) is 3.47. The fourth-order valence-corrected chi connectivity index (χ4v) is 1.52. The Bertz CT molecular complexity index is 207. The molecular weight excluding hydrogens is 194 g/mol. The van der Waals surface area contributed by atoms with Gasteiger partial charge in [0.05, 0.1) is 7.11 Å². The molecule has 0 saturated heterocycles. The SMILES string of the molecule is C=C(N=C(SC)SC)C(=O)OC. The lowest BCUT2D eigenvalue weighted by Gasteiger charge is -1.99. The van der Waals surface area contributed by atoms with Gasteiger partial charge in [-0.15, -0.1) is 23.5 Å². The first-order valence-electron chi connectivity index (χ1n) is 3.09. The minimum atomic E-state index is -0.490. The lowest BCUT2D eigenvalue weighted by molar-refractivity contribution is -0.136. The average molecular weight is 205 g/mol. The summed E-state index contributed by atoms with van der Waals surface area (Å²) in [5, 5.41) is 0. The number of rotatable bonds is 2. The van der Waals surface area contributed by atoms with E-state index in [-0.39, 0.29) is 5.70 Å². The summed E-state index contributed by atoms with van der Waals surface area (Å²) in [6, 6.07) is 0. The second kappa shape index (κ2) is 6.14. The first-order valence-corrected chi connectivity index (χ1v) is 5.54. The summed E-state index contributed by atoms with van der Waals surface area (Å²) < 4.78 is 5.23. The van der Waals surface area contributed by atoms with Crippen LogP contribution in [0.3, 0.4) is 0 Å². The predicted octanol–water partition coefficient (Wildman–Crippen LogP) is 1.76. The summed E-state index contributed by atoms with van der Waals surface area (Å²) in [5.74, 6) is -0.490. The van der Waals surface area contributed by atoms with E-state index in [4.69, 9.17) is 0 Å². The van der Waals surface area contributed by atoms with Gasteiger partial charge >= 0.3 is 5.97 Å². The van der Waals surface area contributed by atoms with Crippen molar-refractivity contribution >= 4 is 33.9 Å². The lowest BCUT2D eigenvalue weighted by Crippen LogP contribution is -2.02. The van der Waals surface area contributed by atoms with Crippen molar-refractivity contribution in [2.45, 2.75) is 0 Å². The standard InChI is InChI=1S/C7H11NO2S2/c1-5(6(9)10-2)8-7(11-3)12-4/h1H2,2-4H3. The van der Waals surface area contributed by atoms with Crippen LogP contribution in [0.2, 0.25) is 0 Å². The van der Waals surface area contributed by atoms with E-state index in [9.17, 15) is 4.79 Å². The van der Waals surface area contributed by atoms with Crippen LogP contribution in [0, 0.1) is 0 Å². The van der Waals surface area contributed by atoms with Crippen LogP contribution in [0.25, 0.3) is 0 Å². The molecule has 0 aliphatic rings. The van der Waals surface area contributed by atoms with Crippen LogP contribution < -0.4 is 0 Å². The molecule has 12 heavy (non-hydrogen) atoms. The van der Waals surface area contributed by atoms with Crippen molar-refractivity contribution in [3.8, 4) is 0 Å². The third-order valence-corrected chi connectivity index (χ3v) is 2.88. The molecule has 0 bridgehead atoms. The van der Waals surface area contributed by atoms with Gasteiger partial charge in [0, 0.05) is 0 Å². The van der Waals surface area contributed by atoms with Gasteiger partial charge in [0.15, 0.2) is 0 Å². The Labute approximate surface area is 80.7 Å². The van der Waals surface area contributed by atoms with E-state index in [2.05, 4.69) is 16.3 Å². The number of carbonyl (C=O) groups excluding carboxylic acids is 1. The maximum atomic E-state index is 10.8. The number of hydrogen-bond acceptors (Lipinski definition) is 5. The van der Waals surface area contributed by atoms with Crippen molar-refractivity contribution < 1.29 is 9.53 Å². The summed E-state index contributed by atoms with van der Waals surface area (Å²) in [6.07, 6.45) is 3.78. The van der Waals surface area contributed by atoms with Crippen molar-refractivity contribution in [3.63, 3.8) is 0 Å². The van der Waals surface area contributed by atoms with E-state index >= 15 is 0 Å². The Kier molecular flexibility index (Phi) is 5.92. The summed E-state index contributed by atoms with van der Waals surface area (Å²) in [5.41, 5.74) is 0.135. The van der Waals surface area contributed by atoms with E-state index < -0.39 is 5.97 Å². The molecule has 0 rings (SSSR count). The Hall–Kier alpha value is -0.420. The smallest absolute Gasteiger partial charge is 0.356 e. The number of nitrogens with zero attached hydrogens (tertiary/aromatic N) is 1. The van der Waals surface area contributed by atoms with E-state index in [1.165, 1.54) is 30.6 Å². The normalized spacial score (nSPS) is 8.92. The van der Waals surface area contributed by atoms with Crippen LogP contribution in [0.5, 0.6) is 0 Å². The molecule has 0 atom stereocenters. The maximum Gasteiger partial charge on any atom is 0.356 e. The van der Waals surface area contributed by atoms with Crippen molar-refractivity contribution in [3.05, 3.63) is 12.3 Å². The average Bonchev–Trinajstić information content (AvgIpc) is 2.12. The van der Waals surface area contributed by atoms with Gasteiger partial charge in [0.25, 0.3) is 0 Å². The number of aliphatic imine (C=N–C) groups is 1. The third kappa shape index (κ3) is 3.82. The molecule has 0 radical (unpaired) electrons. The molecule has 0 heterocycles. The summed E-state index contributed by atoms with van der Waals surface area (Å²) in [7, 11) is 1.31. The van der Waals surface area contributed by atoms with Crippen molar-refractivity contribution in [2.24, 2.45) is 4.99 Å². The number of hydrogen-bond donors (Lipinski definition) is 0. The number of carbonyl (C=O) groups is 1. The second-order valence-electron chi connectivity index (χ2n) is 1.72. The number of thioether (sulfide) groups is 2. The molecule has 68 valence electrons. The van der Waals surface area contributed by atoms with Gasteiger partial charge in [-0.3, -0.25) is 0 Å². The van der Waals surface area contributed by atoms with Gasteiger partial charge in [-0.25, -0.2) is 9.79 Å². The molecule has 0 saturated carbocycles. The fourth-order valence-electron chi connectivity index (χ4n) is 0.448. The Morgan fingerprint density at radius 2 is 1.92 bits per heavy atom. The zero-order valence-electron chi connectivity index (χ0n) is 7.29. The van der Waals surface area contributed by atoms with Crippen molar-refractivity contribution in [1.82, 2.24) is 0 Å². The van der Waals surface area contributed by atoms with Crippen LogP contribution in [-0.4, -0.2) is 30.0 Å². The van der Waals surface area contributed by atoms with Gasteiger partial charge in [-0.05, 0) is 12.5 Å². The molecule has 0 N–H and O–H groups in total. The van der Waals surface area contributed by atoms with Gasteiger partial charge in [0.2, 0.25) is 0 Å². The highest BCUT2D eigenvalue weighted by Gasteiger charge is 2.05. The first kappa shape index (κ1) is 11.6. The summed E-state index contributed by atoms with van der Waals surface area (Å²) in [4.78, 5) is 14.8. The van der Waals surface area contributed by atoms with Gasteiger partial charge in [0.1, 0.15) is 10.1 Å². The topological polar surface area (TPSA) is 38.7 Å². The zero-order valence-corrected chi connectivity index (χ0v) is 8.92. The zero-order chi connectivity index (χ0) is 9.56. The van der Waals surface area contributed by atoms with E-state index in [1.807, 2.05) is 12.5 Å². The molecule has 0 aliphatic carbocycles. The van der Waals surface area contributed by atoms with Gasteiger partial charge in [-0.2, -0.15) is 0 Å². The minimum Gasteiger partial charge on any atom is -0.464 e. The van der Waals surface area contributed by atoms with Crippen LogP contribution >= 0.6 is 23.5 Å². The predicted molar refractivity (Wildman–Crippen MR) is 55.6 cm³/mol. The summed E-state index contributed by atoms with van der Waals surface area (Å²) >= 11 is 2.94. The highest BCUT2D eigenvalue weighted by molar-refractivity contribution is 8.38. The molecule has 3 nitrogen and oxygen atoms in total. The fraction of sp³-hybridized carbons (Fsp3) is 0.429. The van der Waals surface area contributed by atoms with E-state index in [0.717, 1.165) is 4.38 Å². The molecular formula is C7H11NO2S2. The van der Waals surface area contributed by atoms with Crippen LogP contribution in [0.1, 0.15) is 0 Å². The van der Waals surface area contributed by atoms with Gasteiger partial charge in [-0.1, -0.05) is 6.58 Å². The molecule has 0 aromatic heterocycles. The Morgan fingerprint density at radius 3 is 2.25 bits per heavy atom. The third-order valence-electron chi connectivity index (χ3n) is 0.997. The molecule has 5 heteroatoms. The number of esters is 1. The number of ether oxygens (including phenoxy) is 1. The monoisotopic (exact) mass is 205 g/mol. The molecule has 0 aromatic rings. The van der Waals surface area contributed by atoms with Crippen LogP contribution in [-0.2, 0) is 9.53 Å². The van der Waals surface area contributed by atoms with Crippen molar-refractivity contribution in [2.75, 3.05) is 19.6 Å². The molecule has 0 aromatic carbocycles. The Balaban J connectivity index is 4.30. The van der Waals surface area contributed by atoms with Crippen LogP contribution in [0.15, 0.2) is 17.3 Å². The quantitative estimate of drug-likeness (QED) is 0.298. The molecule has 0 fully saturated rings. The lowest BCUT2D eigenvalue weighted by atomic mass is 10.5. The number of methoxy groups -OCH3 is 1. The minimum absolute atomic E-state index is 0.135. The van der Waals surface area contributed by atoms with E-state index in [1.54, 1.807) is 0 Å². The highest BCUT2D eigenvalue weighted by atomic mass is 32.2. The molecule has 0 unspecified atom stereocenters. The van der Waals surface area contributed by atoms with Crippen LogP contribution in [0.4, 0.5) is 0 Å². The molecule has 0 spiro atoms. The largest absolute Gasteiger partial charge is 0.464 e. The molecule has 0 amide bonds. The maximum absolute atomic E-state index is 10.8. The highest BCUT2D eigenvalue weighted by Crippen LogP contribution is 2.13. The van der Waals surface area contributed by atoms with Crippen molar-refractivity contribution in [1.29, 1.82) is 0 Å². The molecule has 0 aliphatic heterocycles. The Morgan fingerprint density at radius 1 is 1.42 bits per heavy atom.